The van der Waals surface area contributed by atoms with Crippen molar-refractivity contribution in [2.24, 2.45) is 0 Å². The minimum absolute atomic E-state index is 0.0313. The molecule has 3 aromatic rings. The molecule has 9 heteroatoms. The SMILES string of the molecule is COc1cccc(C(=O)Nc2cccc(COc3ccc4c(c3)OCO4)c2)c1OC(F)F. The van der Waals surface area contributed by atoms with Gasteiger partial charge < -0.3 is 29.0 Å². The van der Waals surface area contributed by atoms with Gasteiger partial charge in [-0.05, 0) is 42.0 Å². The van der Waals surface area contributed by atoms with Gasteiger partial charge in [0.25, 0.3) is 5.91 Å². The van der Waals surface area contributed by atoms with Crippen LogP contribution in [0.15, 0.2) is 60.7 Å². The fourth-order valence-corrected chi connectivity index (χ4v) is 3.14. The number of hydrogen-bond donors (Lipinski definition) is 1. The highest BCUT2D eigenvalue weighted by Gasteiger charge is 2.20. The van der Waals surface area contributed by atoms with Crippen molar-refractivity contribution in [2.45, 2.75) is 13.2 Å². The van der Waals surface area contributed by atoms with Crippen LogP contribution in [0.4, 0.5) is 14.5 Å². The maximum Gasteiger partial charge on any atom is 0.387 e. The van der Waals surface area contributed by atoms with E-state index in [1.54, 1.807) is 36.4 Å². The second-order valence-corrected chi connectivity index (χ2v) is 6.67. The summed E-state index contributed by atoms with van der Waals surface area (Å²) in [5.74, 6) is 0.967. The molecule has 32 heavy (non-hydrogen) atoms. The number of fused-ring (bicyclic) bond motifs is 1. The van der Waals surface area contributed by atoms with E-state index in [0.717, 1.165) is 5.56 Å². The first-order valence-corrected chi connectivity index (χ1v) is 9.58. The molecule has 1 heterocycles. The van der Waals surface area contributed by atoms with Crippen LogP contribution in [0.2, 0.25) is 0 Å². The van der Waals surface area contributed by atoms with Crippen molar-refractivity contribution in [3.8, 4) is 28.7 Å². The van der Waals surface area contributed by atoms with Gasteiger partial charge in [-0.25, -0.2) is 0 Å². The highest BCUT2D eigenvalue weighted by atomic mass is 19.3. The topological polar surface area (TPSA) is 75.3 Å². The lowest BCUT2D eigenvalue weighted by atomic mass is 10.1. The average molecular weight is 443 g/mol. The van der Waals surface area contributed by atoms with Crippen molar-refractivity contribution in [3.05, 3.63) is 71.8 Å². The molecule has 0 saturated carbocycles. The number of nitrogens with one attached hydrogen (secondary N) is 1. The zero-order valence-electron chi connectivity index (χ0n) is 17.0. The normalized spacial score (nSPS) is 11.9. The molecule has 0 radical (unpaired) electrons. The first kappa shape index (κ1) is 21.2. The Balaban J connectivity index is 1.45. The number of alkyl halides is 2. The quantitative estimate of drug-likeness (QED) is 0.536. The van der Waals surface area contributed by atoms with Crippen LogP contribution in [0.3, 0.4) is 0 Å². The van der Waals surface area contributed by atoms with Crippen LogP contribution in [0.25, 0.3) is 0 Å². The van der Waals surface area contributed by atoms with E-state index in [-0.39, 0.29) is 30.5 Å². The predicted molar refractivity (Wildman–Crippen MR) is 111 cm³/mol. The monoisotopic (exact) mass is 443 g/mol. The van der Waals surface area contributed by atoms with Crippen molar-refractivity contribution in [1.29, 1.82) is 0 Å². The number of rotatable bonds is 8. The first-order chi connectivity index (χ1) is 15.5. The first-order valence-electron chi connectivity index (χ1n) is 9.58. The van der Waals surface area contributed by atoms with E-state index in [2.05, 4.69) is 10.1 Å². The molecule has 0 spiro atoms. The number of anilines is 1. The zero-order chi connectivity index (χ0) is 22.5. The van der Waals surface area contributed by atoms with E-state index in [1.807, 2.05) is 6.07 Å². The Morgan fingerprint density at radius 1 is 1.06 bits per heavy atom. The number of benzene rings is 3. The number of ether oxygens (including phenoxy) is 5. The van der Waals surface area contributed by atoms with Crippen LogP contribution in [-0.4, -0.2) is 26.4 Å². The number of halogens is 2. The molecular formula is C23H19F2NO6. The van der Waals surface area contributed by atoms with Gasteiger partial charge in [-0.2, -0.15) is 8.78 Å². The molecule has 0 saturated heterocycles. The second kappa shape index (κ2) is 9.42. The molecule has 7 nitrogen and oxygen atoms in total. The average Bonchev–Trinajstić information content (AvgIpc) is 3.25. The molecule has 0 aromatic heterocycles. The molecule has 3 aromatic carbocycles. The van der Waals surface area contributed by atoms with Gasteiger partial charge in [-0.15, -0.1) is 0 Å². The largest absolute Gasteiger partial charge is 0.493 e. The molecule has 1 aliphatic heterocycles. The van der Waals surface area contributed by atoms with Gasteiger partial charge in [-0.3, -0.25) is 4.79 Å². The summed E-state index contributed by atoms with van der Waals surface area (Å²) in [7, 11) is 1.30. The highest BCUT2D eigenvalue weighted by molar-refractivity contribution is 6.06. The Bertz CT molecular complexity index is 1120. The summed E-state index contributed by atoms with van der Waals surface area (Å²) < 4.78 is 51.6. The zero-order valence-corrected chi connectivity index (χ0v) is 17.0. The summed E-state index contributed by atoms with van der Waals surface area (Å²) in [6.45, 7) is -2.69. The molecule has 1 aliphatic rings. The van der Waals surface area contributed by atoms with Crippen molar-refractivity contribution in [3.63, 3.8) is 0 Å². The standard InChI is InChI=1S/C23H19F2NO6/c1-28-19-7-3-6-17(21(19)32-23(24)25)22(27)26-15-5-2-4-14(10-15)12-29-16-8-9-18-20(11-16)31-13-30-18/h2-11,23H,12-13H2,1H3,(H,26,27). The Morgan fingerprint density at radius 3 is 2.69 bits per heavy atom. The van der Waals surface area contributed by atoms with Crippen molar-refractivity contribution < 1.29 is 37.3 Å². The number of carbonyl (C=O) groups is 1. The van der Waals surface area contributed by atoms with Crippen LogP contribution in [0, 0.1) is 0 Å². The molecule has 4 rings (SSSR count). The fraction of sp³-hybridized carbons (Fsp3) is 0.174. The lowest BCUT2D eigenvalue weighted by Crippen LogP contribution is -2.15. The van der Waals surface area contributed by atoms with Crippen molar-refractivity contribution >= 4 is 11.6 Å². The molecule has 0 unspecified atom stereocenters. The van der Waals surface area contributed by atoms with Crippen molar-refractivity contribution in [2.75, 3.05) is 19.2 Å². The summed E-state index contributed by atoms with van der Waals surface area (Å²) in [4.78, 5) is 12.7. The van der Waals surface area contributed by atoms with Crippen LogP contribution in [0.5, 0.6) is 28.7 Å². The van der Waals surface area contributed by atoms with E-state index in [9.17, 15) is 13.6 Å². The molecule has 0 atom stereocenters. The molecule has 1 amide bonds. The van der Waals surface area contributed by atoms with Gasteiger partial charge in [0.05, 0.1) is 12.7 Å². The third-order valence-electron chi connectivity index (χ3n) is 4.58. The Morgan fingerprint density at radius 2 is 1.88 bits per heavy atom. The molecule has 0 fully saturated rings. The molecule has 0 aliphatic carbocycles. The summed E-state index contributed by atoms with van der Waals surface area (Å²) in [5.41, 5.74) is 1.18. The van der Waals surface area contributed by atoms with E-state index < -0.39 is 12.5 Å². The number of carbonyl (C=O) groups excluding carboxylic acids is 1. The molecular weight excluding hydrogens is 424 g/mol. The molecule has 166 valence electrons. The van der Waals surface area contributed by atoms with Crippen LogP contribution in [-0.2, 0) is 6.61 Å². The maximum atomic E-state index is 12.8. The lowest BCUT2D eigenvalue weighted by molar-refractivity contribution is -0.0515. The van der Waals surface area contributed by atoms with Crippen LogP contribution < -0.4 is 29.0 Å². The molecule has 0 bridgehead atoms. The third-order valence-corrected chi connectivity index (χ3v) is 4.58. The van der Waals surface area contributed by atoms with Gasteiger partial charge in [0, 0.05) is 11.8 Å². The number of methoxy groups -OCH3 is 1. The highest BCUT2D eigenvalue weighted by Crippen LogP contribution is 2.35. The van der Waals surface area contributed by atoms with Crippen LogP contribution >= 0.6 is 0 Å². The Labute approximate surface area is 182 Å². The van der Waals surface area contributed by atoms with Gasteiger partial charge >= 0.3 is 6.61 Å². The number of amides is 1. The summed E-state index contributed by atoms with van der Waals surface area (Å²) in [5, 5.41) is 2.68. The predicted octanol–water partition coefficient (Wildman–Crippen LogP) is 4.86. The Kier molecular flexibility index (Phi) is 6.25. The van der Waals surface area contributed by atoms with Gasteiger partial charge in [0.1, 0.15) is 12.4 Å². The van der Waals surface area contributed by atoms with E-state index in [4.69, 9.17) is 18.9 Å². The smallest absolute Gasteiger partial charge is 0.387 e. The molecule has 1 N–H and O–H groups in total. The van der Waals surface area contributed by atoms with E-state index in [0.29, 0.717) is 22.9 Å². The minimum Gasteiger partial charge on any atom is -0.493 e. The second-order valence-electron chi connectivity index (χ2n) is 6.67. The number of hydrogen-bond acceptors (Lipinski definition) is 6. The van der Waals surface area contributed by atoms with Gasteiger partial charge in [-0.1, -0.05) is 18.2 Å². The third kappa shape index (κ3) is 4.83. The summed E-state index contributed by atoms with van der Waals surface area (Å²) in [6, 6.07) is 16.6. The fourth-order valence-electron chi connectivity index (χ4n) is 3.14. The Hall–Kier alpha value is -4.01. The summed E-state index contributed by atoms with van der Waals surface area (Å²) >= 11 is 0. The minimum atomic E-state index is -3.10. The van der Waals surface area contributed by atoms with E-state index >= 15 is 0 Å². The van der Waals surface area contributed by atoms with E-state index in [1.165, 1.54) is 25.3 Å². The van der Waals surface area contributed by atoms with Gasteiger partial charge in [0.2, 0.25) is 6.79 Å². The van der Waals surface area contributed by atoms with Gasteiger partial charge in [0.15, 0.2) is 23.0 Å². The van der Waals surface area contributed by atoms with Crippen LogP contribution in [0.1, 0.15) is 15.9 Å². The lowest BCUT2D eigenvalue weighted by Gasteiger charge is -2.14. The van der Waals surface area contributed by atoms with Crippen molar-refractivity contribution in [1.82, 2.24) is 0 Å². The summed E-state index contributed by atoms with van der Waals surface area (Å²) in [6.07, 6.45) is 0. The maximum absolute atomic E-state index is 12.8. The number of para-hydroxylation sites is 1.